The number of ether oxygens (including phenoxy) is 1. The number of nitro groups is 1. The maximum absolute atomic E-state index is 10.9. The van der Waals surface area contributed by atoms with Crippen molar-refractivity contribution < 1.29 is 14.5 Å². The molecular weight excluding hydrogens is 216 g/mol. The number of aromatic nitrogens is 2. The molecule has 0 radical (unpaired) electrons. The van der Waals surface area contributed by atoms with Crippen LogP contribution in [0.25, 0.3) is 0 Å². The molecule has 1 aromatic rings. The van der Waals surface area contributed by atoms with E-state index in [9.17, 15) is 14.9 Å². The molecule has 0 aliphatic carbocycles. The zero-order valence-electron chi connectivity index (χ0n) is 9.18. The van der Waals surface area contributed by atoms with E-state index in [4.69, 9.17) is 0 Å². The predicted octanol–water partition coefficient (Wildman–Crippen LogP) is 0.222. The van der Waals surface area contributed by atoms with Gasteiger partial charge in [-0.3, -0.25) is 14.9 Å². The Labute approximate surface area is 91.3 Å². The fourth-order valence-electron chi connectivity index (χ4n) is 1.29. The van der Waals surface area contributed by atoms with Gasteiger partial charge in [-0.2, -0.15) is 5.10 Å². The zero-order chi connectivity index (χ0) is 12.3. The summed E-state index contributed by atoms with van der Waals surface area (Å²) in [6.45, 7) is 1.39. The number of esters is 1. The largest absolute Gasteiger partial charge is 0.468 e. The molecule has 0 spiro atoms. The van der Waals surface area contributed by atoms with E-state index < -0.39 is 10.9 Å². The van der Waals surface area contributed by atoms with Crippen molar-refractivity contribution in [1.29, 1.82) is 0 Å². The molecule has 0 amide bonds. The van der Waals surface area contributed by atoms with Crippen molar-refractivity contribution in [2.45, 2.75) is 6.92 Å². The van der Waals surface area contributed by atoms with E-state index in [2.05, 4.69) is 15.2 Å². The van der Waals surface area contributed by atoms with Gasteiger partial charge in [0.25, 0.3) is 0 Å². The fraction of sp³-hybridized carbons (Fsp3) is 0.500. The summed E-state index contributed by atoms with van der Waals surface area (Å²) in [7, 11) is 2.80. The standard InChI is InChI=1S/C8H12N4O4/c1-5-7(12(14)15)8(11(2)10-5)9-4-6(13)16-3/h9H,4H2,1-3H3. The molecule has 0 aromatic carbocycles. The number of nitrogens with zero attached hydrogens (tertiary/aromatic N) is 3. The summed E-state index contributed by atoms with van der Waals surface area (Å²) in [5.41, 5.74) is 0.159. The van der Waals surface area contributed by atoms with Crippen molar-refractivity contribution in [3.05, 3.63) is 15.8 Å². The average molecular weight is 228 g/mol. The lowest BCUT2D eigenvalue weighted by atomic mass is 10.4. The highest BCUT2D eigenvalue weighted by atomic mass is 16.6. The van der Waals surface area contributed by atoms with Crippen LogP contribution in [0, 0.1) is 17.0 Å². The number of anilines is 1. The molecule has 16 heavy (non-hydrogen) atoms. The number of nitrogens with one attached hydrogen (secondary N) is 1. The van der Waals surface area contributed by atoms with Gasteiger partial charge < -0.3 is 10.1 Å². The van der Waals surface area contributed by atoms with Crippen LogP contribution in [0.15, 0.2) is 0 Å². The van der Waals surface area contributed by atoms with Crippen LogP contribution in [0.4, 0.5) is 11.5 Å². The summed E-state index contributed by atoms with van der Waals surface area (Å²) in [6.07, 6.45) is 0. The van der Waals surface area contributed by atoms with E-state index in [0.29, 0.717) is 5.69 Å². The maximum Gasteiger partial charge on any atom is 0.333 e. The van der Waals surface area contributed by atoms with Gasteiger partial charge in [-0.25, -0.2) is 4.68 Å². The topological polar surface area (TPSA) is 99.3 Å². The van der Waals surface area contributed by atoms with Crippen molar-refractivity contribution in [2.24, 2.45) is 7.05 Å². The molecule has 88 valence electrons. The van der Waals surface area contributed by atoms with E-state index >= 15 is 0 Å². The average Bonchev–Trinajstić information content (AvgIpc) is 2.49. The van der Waals surface area contributed by atoms with Gasteiger partial charge in [0.15, 0.2) is 0 Å². The van der Waals surface area contributed by atoms with Crippen LogP contribution < -0.4 is 5.32 Å². The molecule has 1 heterocycles. The predicted molar refractivity (Wildman–Crippen MR) is 55.1 cm³/mol. The van der Waals surface area contributed by atoms with Crippen molar-refractivity contribution >= 4 is 17.5 Å². The second-order valence-corrected chi connectivity index (χ2v) is 3.09. The van der Waals surface area contributed by atoms with Crippen molar-refractivity contribution in [2.75, 3.05) is 19.0 Å². The molecule has 0 aliphatic rings. The Morgan fingerprint density at radius 1 is 1.69 bits per heavy atom. The number of carbonyl (C=O) groups excluding carboxylic acids is 1. The van der Waals surface area contributed by atoms with Crippen LogP contribution in [-0.4, -0.2) is 34.3 Å². The summed E-state index contributed by atoms with van der Waals surface area (Å²) >= 11 is 0. The quantitative estimate of drug-likeness (QED) is 0.449. The highest BCUT2D eigenvalue weighted by Gasteiger charge is 2.24. The van der Waals surface area contributed by atoms with Gasteiger partial charge in [-0.15, -0.1) is 0 Å². The van der Waals surface area contributed by atoms with Gasteiger partial charge in [0.05, 0.1) is 12.0 Å². The Kier molecular flexibility index (Phi) is 3.44. The monoisotopic (exact) mass is 228 g/mol. The first-order valence-corrected chi connectivity index (χ1v) is 4.46. The SMILES string of the molecule is COC(=O)CNc1c([N+](=O)[O-])c(C)nn1C. The van der Waals surface area contributed by atoms with Crippen LogP contribution in [-0.2, 0) is 16.6 Å². The molecule has 0 aliphatic heterocycles. The van der Waals surface area contributed by atoms with Gasteiger partial charge in [0.2, 0.25) is 5.82 Å². The molecule has 0 fully saturated rings. The third-order valence-corrected chi connectivity index (χ3v) is 2.00. The van der Waals surface area contributed by atoms with E-state index in [1.54, 1.807) is 7.05 Å². The minimum atomic E-state index is -0.540. The molecule has 0 bridgehead atoms. The minimum absolute atomic E-state index is 0.133. The molecular formula is C8H12N4O4. The fourth-order valence-corrected chi connectivity index (χ4v) is 1.29. The Balaban J connectivity index is 2.94. The molecule has 0 saturated heterocycles. The Morgan fingerprint density at radius 3 is 2.81 bits per heavy atom. The molecule has 1 N–H and O–H groups in total. The molecule has 0 unspecified atom stereocenters. The van der Waals surface area contributed by atoms with Crippen molar-refractivity contribution in [1.82, 2.24) is 9.78 Å². The molecule has 0 saturated carbocycles. The lowest BCUT2D eigenvalue weighted by Gasteiger charge is -2.04. The Bertz CT molecular complexity index is 426. The van der Waals surface area contributed by atoms with Crippen LogP contribution in [0.5, 0.6) is 0 Å². The summed E-state index contributed by atoms with van der Waals surface area (Å²) in [4.78, 5) is 21.1. The first kappa shape index (κ1) is 12.0. The third-order valence-electron chi connectivity index (χ3n) is 2.00. The highest BCUT2D eigenvalue weighted by molar-refractivity contribution is 5.76. The van der Waals surface area contributed by atoms with Crippen LogP contribution in [0.2, 0.25) is 0 Å². The Morgan fingerprint density at radius 2 is 2.31 bits per heavy atom. The van der Waals surface area contributed by atoms with E-state index in [0.717, 1.165) is 0 Å². The maximum atomic E-state index is 10.9. The summed E-state index contributed by atoms with van der Waals surface area (Å²) in [5, 5.41) is 17.3. The van der Waals surface area contributed by atoms with Gasteiger partial charge in [0, 0.05) is 7.05 Å². The zero-order valence-corrected chi connectivity index (χ0v) is 9.18. The molecule has 1 rings (SSSR count). The van der Waals surface area contributed by atoms with Gasteiger partial charge >= 0.3 is 11.7 Å². The summed E-state index contributed by atoms with van der Waals surface area (Å²) in [5.74, 6) is -0.318. The molecule has 8 heteroatoms. The molecule has 8 nitrogen and oxygen atoms in total. The lowest BCUT2D eigenvalue weighted by molar-refractivity contribution is -0.384. The van der Waals surface area contributed by atoms with Gasteiger partial charge in [-0.1, -0.05) is 0 Å². The summed E-state index contributed by atoms with van der Waals surface area (Å²) < 4.78 is 5.73. The second-order valence-electron chi connectivity index (χ2n) is 3.09. The molecule has 0 atom stereocenters. The van der Waals surface area contributed by atoms with Gasteiger partial charge in [-0.05, 0) is 6.92 Å². The molecule has 1 aromatic heterocycles. The number of aryl methyl sites for hydroxylation is 2. The lowest BCUT2D eigenvalue weighted by Crippen LogP contribution is -2.17. The number of hydrogen-bond acceptors (Lipinski definition) is 6. The third kappa shape index (κ3) is 2.27. The van der Waals surface area contributed by atoms with Crippen molar-refractivity contribution in [3.8, 4) is 0 Å². The normalized spacial score (nSPS) is 9.94. The first-order valence-electron chi connectivity index (χ1n) is 4.46. The van der Waals surface area contributed by atoms with Crippen LogP contribution >= 0.6 is 0 Å². The summed E-state index contributed by atoms with van der Waals surface area (Å²) in [6, 6.07) is 0. The second kappa shape index (κ2) is 4.60. The minimum Gasteiger partial charge on any atom is -0.468 e. The first-order chi connectivity index (χ1) is 7.47. The van der Waals surface area contributed by atoms with E-state index in [1.807, 2.05) is 0 Å². The number of carbonyl (C=O) groups is 1. The van der Waals surface area contributed by atoms with Crippen LogP contribution in [0.1, 0.15) is 5.69 Å². The number of rotatable bonds is 4. The van der Waals surface area contributed by atoms with Crippen molar-refractivity contribution in [3.63, 3.8) is 0 Å². The van der Waals surface area contributed by atoms with Crippen LogP contribution in [0.3, 0.4) is 0 Å². The van der Waals surface area contributed by atoms with Gasteiger partial charge in [0.1, 0.15) is 12.2 Å². The van der Waals surface area contributed by atoms with E-state index in [1.165, 1.54) is 18.7 Å². The highest BCUT2D eigenvalue weighted by Crippen LogP contribution is 2.26. The number of hydrogen-bond donors (Lipinski definition) is 1. The number of methoxy groups -OCH3 is 1. The smallest absolute Gasteiger partial charge is 0.333 e. The Hall–Kier alpha value is -2.12. The van der Waals surface area contributed by atoms with E-state index in [-0.39, 0.29) is 18.1 Å².